The standard InChI is InChI=1S/C19H24S.C2H6O/c1-2-3-4-5-6-7-16-8-10-17(11-9-16)18-12-14-19(20)15-13-18;1-2-3/h8-15,20H,2-7H2,1H3;3H,2H2,1H3. The molecule has 0 radical (unpaired) electrons. The number of aliphatic hydroxyl groups excluding tert-OH is 1. The van der Waals surface area contributed by atoms with Gasteiger partial charge in [-0.1, -0.05) is 69.0 Å². The molecule has 1 N–H and O–H groups in total. The van der Waals surface area contributed by atoms with Crippen molar-refractivity contribution < 1.29 is 5.11 Å². The van der Waals surface area contributed by atoms with Crippen molar-refractivity contribution in [2.75, 3.05) is 6.61 Å². The third-order valence-corrected chi connectivity index (χ3v) is 4.02. The van der Waals surface area contributed by atoms with Gasteiger partial charge in [-0.2, -0.15) is 0 Å². The first-order valence-corrected chi connectivity index (χ1v) is 9.15. The third-order valence-electron chi connectivity index (χ3n) is 3.72. The molecule has 23 heavy (non-hydrogen) atoms. The van der Waals surface area contributed by atoms with E-state index < -0.39 is 0 Å². The predicted octanol–water partition coefficient (Wildman–Crippen LogP) is 6.15. The number of aryl methyl sites for hydroxylation is 1. The molecule has 0 bridgehead atoms. The van der Waals surface area contributed by atoms with Crippen LogP contribution in [0.1, 0.15) is 51.5 Å². The van der Waals surface area contributed by atoms with Gasteiger partial charge in [-0.25, -0.2) is 0 Å². The van der Waals surface area contributed by atoms with Crippen molar-refractivity contribution in [1.29, 1.82) is 0 Å². The van der Waals surface area contributed by atoms with E-state index in [1.54, 1.807) is 6.92 Å². The van der Waals surface area contributed by atoms with Crippen LogP contribution in [0.3, 0.4) is 0 Å². The maximum atomic E-state index is 7.57. The van der Waals surface area contributed by atoms with Crippen LogP contribution in [0.2, 0.25) is 0 Å². The summed E-state index contributed by atoms with van der Waals surface area (Å²) < 4.78 is 0. The topological polar surface area (TPSA) is 20.2 Å². The second-order valence-corrected chi connectivity index (χ2v) is 6.24. The van der Waals surface area contributed by atoms with Gasteiger partial charge in [-0.05, 0) is 48.6 Å². The number of rotatable bonds is 7. The van der Waals surface area contributed by atoms with Crippen LogP contribution in [-0.4, -0.2) is 11.7 Å². The smallest absolute Gasteiger partial charge is 0.0402 e. The van der Waals surface area contributed by atoms with E-state index in [1.165, 1.54) is 55.2 Å². The lowest BCUT2D eigenvalue weighted by molar-refractivity contribution is 0.318. The summed E-state index contributed by atoms with van der Waals surface area (Å²) in [6, 6.07) is 17.3. The van der Waals surface area contributed by atoms with Gasteiger partial charge in [-0.3, -0.25) is 0 Å². The second-order valence-electron chi connectivity index (χ2n) is 5.72. The Morgan fingerprint density at radius 3 is 1.74 bits per heavy atom. The summed E-state index contributed by atoms with van der Waals surface area (Å²) in [5, 5.41) is 7.57. The first kappa shape index (κ1) is 19.8. The molecule has 0 aliphatic rings. The summed E-state index contributed by atoms with van der Waals surface area (Å²) in [6.07, 6.45) is 7.96. The maximum absolute atomic E-state index is 7.57. The molecule has 0 saturated carbocycles. The average molecular weight is 331 g/mol. The minimum absolute atomic E-state index is 0.250. The highest BCUT2D eigenvalue weighted by molar-refractivity contribution is 7.80. The van der Waals surface area contributed by atoms with E-state index >= 15 is 0 Å². The Morgan fingerprint density at radius 1 is 0.739 bits per heavy atom. The van der Waals surface area contributed by atoms with Crippen LogP contribution in [0.5, 0.6) is 0 Å². The van der Waals surface area contributed by atoms with Crippen LogP contribution in [-0.2, 0) is 6.42 Å². The molecule has 0 saturated heterocycles. The Balaban J connectivity index is 0.000000816. The van der Waals surface area contributed by atoms with E-state index in [9.17, 15) is 0 Å². The SMILES string of the molecule is CCCCCCCc1ccc(-c2ccc(S)cc2)cc1.CCO. The zero-order valence-corrected chi connectivity index (χ0v) is 15.4. The highest BCUT2D eigenvalue weighted by atomic mass is 32.1. The molecule has 0 aliphatic carbocycles. The second kappa shape index (κ2) is 12.2. The molecule has 0 aliphatic heterocycles. The largest absolute Gasteiger partial charge is 0.397 e. The fourth-order valence-corrected chi connectivity index (χ4v) is 2.60. The third kappa shape index (κ3) is 8.24. The Morgan fingerprint density at radius 2 is 1.22 bits per heavy atom. The van der Waals surface area contributed by atoms with Crippen molar-refractivity contribution >= 4 is 12.6 Å². The van der Waals surface area contributed by atoms with Crippen molar-refractivity contribution in [1.82, 2.24) is 0 Å². The molecule has 0 amide bonds. The number of aliphatic hydroxyl groups is 1. The van der Waals surface area contributed by atoms with E-state index in [0.29, 0.717) is 0 Å². The molecule has 0 fully saturated rings. The lowest BCUT2D eigenvalue weighted by Gasteiger charge is -2.05. The molecular weight excluding hydrogens is 300 g/mol. The maximum Gasteiger partial charge on any atom is 0.0402 e. The average Bonchev–Trinajstić information content (AvgIpc) is 2.57. The first-order chi connectivity index (χ1) is 11.2. The van der Waals surface area contributed by atoms with Gasteiger partial charge in [0, 0.05) is 11.5 Å². The van der Waals surface area contributed by atoms with E-state index in [-0.39, 0.29) is 6.61 Å². The minimum Gasteiger partial charge on any atom is -0.397 e. The molecule has 2 rings (SSSR count). The molecule has 0 aromatic heterocycles. The van der Waals surface area contributed by atoms with E-state index in [0.717, 1.165) is 4.90 Å². The summed E-state index contributed by atoms with van der Waals surface area (Å²) in [5.41, 5.74) is 4.00. The minimum atomic E-state index is 0.250. The van der Waals surface area contributed by atoms with Crippen molar-refractivity contribution in [2.24, 2.45) is 0 Å². The zero-order chi connectivity index (χ0) is 16.9. The number of hydrogen-bond donors (Lipinski definition) is 2. The van der Waals surface area contributed by atoms with E-state index in [2.05, 4.69) is 56.0 Å². The number of benzene rings is 2. The van der Waals surface area contributed by atoms with Gasteiger partial charge in [0.25, 0.3) is 0 Å². The molecule has 0 atom stereocenters. The Kier molecular flexibility index (Phi) is 10.5. The van der Waals surface area contributed by atoms with Gasteiger partial charge in [0.2, 0.25) is 0 Å². The summed E-state index contributed by atoms with van der Waals surface area (Å²) in [6.45, 7) is 4.19. The van der Waals surface area contributed by atoms with Crippen LogP contribution in [0.4, 0.5) is 0 Å². The van der Waals surface area contributed by atoms with Crippen LogP contribution >= 0.6 is 12.6 Å². The van der Waals surface area contributed by atoms with Crippen molar-refractivity contribution in [3.8, 4) is 11.1 Å². The number of unbranched alkanes of at least 4 members (excludes halogenated alkanes) is 4. The predicted molar refractivity (Wildman–Crippen MR) is 104 cm³/mol. The number of hydrogen-bond acceptors (Lipinski definition) is 2. The van der Waals surface area contributed by atoms with Gasteiger partial charge in [0.1, 0.15) is 0 Å². The van der Waals surface area contributed by atoms with Crippen LogP contribution in [0, 0.1) is 0 Å². The highest BCUT2D eigenvalue weighted by Crippen LogP contribution is 2.22. The fourth-order valence-electron chi connectivity index (χ4n) is 2.45. The van der Waals surface area contributed by atoms with E-state index in [1.807, 2.05) is 12.1 Å². The van der Waals surface area contributed by atoms with Crippen LogP contribution in [0.15, 0.2) is 53.4 Å². The van der Waals surface area contributed by atoms with Crippen LogP contribution in [0.25, 0.3) is 11.1 Å². The van der Waals surface area contributed by atoms with Gasteiger partial charge < -0.3 is 5.11 Å². The lowest BCUT2D eigenvalue weighted by atomic mass is 10.0. The summed E-state index contributed by atoms with van der Waals surface area (Å²) in [5.74, 6) is 0. The van der Waals surface area contributed by atoms with Gasteiger partial charge in [0.05, 0.1) is 0 Å². The van der Waals surface area contributed by atoms with Crippen molar-refractivity contribution in [3.05, 3.63) is 54.1 Å². The van der Waals surface area contributed by atoms with Gasteiger partial charge in [0.15, 0.2) is 0 Å². The molecule has 2 heteroatoms. The normalized spacial score (nSPS) is 10.1. The quantitative estimate of drug-likeness (QED) is 0.460. The lowest BCUT2D eigenvalue weighted by Crippen LogP contribution is -1.86. The Hall–Kier alpha value is -1.25. The van der Waals surface area contributed by atoms with Gasteiger partial charge in [-0.15, -0.1) is 12.6 Å². The molecule has 1 nitrogen and oxygen atoms in total. The molecule has 0 heterocycles. The molecule has 2 aromatic carbocycles. The molecule has 0 unspecified atom stereocenters. The molecular formula is C21H30OS. The monoisotopic (exact) mass is 330 g/mol. The fraction of sp³-hybridized carbons (Fsp3) is 0.429. The summed E-state index contributed by atoms with van der Waals surface area (Å²) in [7, 11) is 0. The van der Waals surface area contributed by atoms with E-state index in [4.69, 9.17) is 5.11 Å². The van der Waals surface area contributed by atoms with Crippen LogP contribution < -0.4 is 0 Å². The zero-order valence-electron chi connectivity index (χ0n) is 14.5. The van der Waals surface area contributed by atoms with Crippen molar-refractivity contribution in [3.63, 3.8) is 0 Å². The molecule has 0 spiro atoms. The highest BCUT2D eigenvalue weighted by Gasteiger charge is 1.98. The summed E-state index contributed by atoms with van der Waals surface area (Å²) >= 11 is 4.32. The first-order valence-electron chi connectivity index (χ1n) is 8.70. The van der Waals surface area contributed by atoms with Gasteiger partial charge >= 0.3 is 0 Å². The van der Waals surface area contributed by atoms with Crippen molar-refractivity contribution in [2.45, 2.75) is 57.3 Å². The number of thiol groups is 1. The molecule has 126 valence electrons. The summed E-state index contributed by atoms with van der Waals surface area (Å²) in [4.78, 5) is 1.01. The Labute approximate surface area is 147 Å². The Bertz CT molecular complexity index is 517. The molecule has 2 aromatic rings.